The van der Waals surface area contributed by atoms with E-state index in [1.807, 2.05) is 50.2 Å². The van der Waals surface area contributed by atoms with Crippen LogP contribution in [0.4, 0.5) is 0 Å². The van der Waals surface area contributed by atoms with Crippen LogP contribution in [0.2, 0.25) is 0 Å². The molecule has 0 aliphatic carbocycles. The van der Waals surface area contributed by atoms with Gasteiger partial charge in [0.05, 0.1) is 17.4 Å². The fraction of sp³-hybridized carbons (Fsp3) is 0.174. The number of nitrogens with one attached hydrogen (secondary N) is 1. The first kappa shape index (κ1) is 18.7. The van der Waals surface area contributed by atoms with Crippen molar-refractivity contribution < 1.29 is 9.21 Å². The van der Waals surface area contributed by atoms with Gasteiger partial charge >= 0.3 is 0 Å². The number of furan rings is 1. The largest absolute Gasteiger partial charge is 0.457 e. The molecule has 6 nitrogen and oxygen atoms in total. The second-order valence-corrected chi connectivity index (χ2v) is 7.11. The minimum Gasteiger partial charge on any atom is -0.457 e. The van der Waals surface area contributed by atoms with E-state index in [9.17, 15) is 9.59 Å². The van der Waals surface area contributed by atoms with Gasteiger partial charge < -0.3 is 14.3 Å². The summed E-state index contributed by atoms with van der Waals surface area (Å²) in [6.07, 6.45) is 3.14. The molecule has 0 saturated heterocycles. The number of carbonyl (C=O) groups is 1. The summed E-state index contributed by atoms with van der Waals surface area (Å²) in [6, 6.07) is 16.7. The zero-order valence-corrected chi connectivity index (χ0v) is 16.3. The van der Waals surface area contributed by atoms with Crippen molar-refractivity contribution in [3.05, 3.63) is 82.6 Å². The Kier molecular flexibility index (Phi) is 4.99. The van der Waals surface area contributed by atoms with E-state index in [1.54, 1.807) is 29.2 Å². The van der Waals surface area contributed by atoms with Gasteiger partial charge in [-0.1, -0.05) is 30.3 Å². The summed E-state index contributed by atoms with van der Waals surface area (Å²) in [4.78, 5) is 34.0. The molecule has 0 saturated carbocycles. The van der Waals surface area contributed by atoms with Crippen molar-refractivity contribution in [2.45, 2.75) is 26.4 Å². The van der Waals surface area contributed by atoms with Gasteiger partial charge in [0.25, 0.3) is 5.56 Å². The molecule has 0 spiro atoms. The van der Waals surface area contributed by atoms with Crippen LogP contribution in [0.15, 0.2) is 69.9 Å². The molecule has 2 aromatic carbocycles. The molecule has 0 radical (unpaired) electrons. The minimum absolute atomic E-state index is 0.0698. The van der Waals surface area contributed by atoms with Gasteiger partial charge in [0, 0.05) is 17.5 Å². The first-order valence-corrected chi connectivity index (χ1v) is 9.46. The van der Waals surface area contributed by atoms with Crippen LogP contribution in [-0.2, 0) is 11.3 Å². The molecule has 2 heterocycles. The van der Waals surface area contributed by atoms with E-state index < -0.39 is 0 Å². The lowest BCUT2D eigenvalue weighted by atomic mass is 10.2. The second-order valence-electron chi connectivity index (χ2n) is 7.11. The number of aromatic amines is 1. The van der Waals surface area contributed by atoms with Gasteiger partial charge in [0.2, 0.25) is 5.91 Å². The molecule has 1 amide bonds. The number of H-pyrrole nitrogens is 1. The molecule has 0 aliphatic heterocycles. The van der Waals surface area contributed by atoms with Crippen molar-refractivity contribution >= 4 is 33.9 Å². The Morgan fingerprint density at radius 1 is 1.17 bits per heavy atom. The Morgan fingerprint density at radius 2 is 1.93 bits per heavy atom. The Labute approximate surface area is 167 Å². The number of benzene rings is 2. The van der Waals surface area contributed by atoms with Crippen LogP contribution >= 0.6 is 0 Å². The van der Waals surface area contributed by atoms with Gasteiger partial charge in [-0.3, -0.25) is 9.59 Å². The topological polar surface area (TPSA) is 79.2 Å². The van der Waals surface area contributed by atoms with Crippen LogP contribution < -0.4 is 5.56 Å². The fourth-order valence-electron chi connectivity index (χ4n) is 3.22. The smallest absolute Gasteiger partial charge is 0.258 e. The summed E-state index contributed by atoms with van der Waals surface area (Å²) in [6.45, 7) is 4.05. The van der Waals surface area contributed by atoms with E-state index in [-0.39, 0.29) is 24.1 Å². The average Bonchev–Trinajstić information content (AvgIpc) is 3.13. The Bertz CT molecular complexity index is 1230. The maximum atomic E-state index is 12.8. The van der Waals surface area contributed by atoms with E-state index in [0.29, 0.717) is 22.5 Å². The van der Waals surface area contributed by atoms with Crippen molar-refractivity contribution in [3.8, 4) is 0 Å². The lowest BCUT2D eigenvalue weighted by Crippen LogP contribution is -2.36. The average molecular weight is 387 g/mol. The molecular weight excluding hydrogens is 366 g/mol. The van der Waals surface area contributed by atoms with Gasteiger partial charge in [-0.2, -0.15) is 0 Å². The quantitative estimate of drug-likeness (QED) is 0.523. The molecule has 146 valence electrons. The van der Waals surface area contributed by atoms with Crippen molar-refractivity contribution in [1.29, 1.82) is 0 Å². The molecule has 0 unspecified atom stereocenters. The lowest BCUT2D eigenvalue weighted by molar-refractivity contribution is -0.128. The van der Waals surface area contributed by atoms with E-state index in [2.05, 4.69) is 9.97 Å². The third-order valence-electron chi connectivity index (χ3n) is 4.72. The van der Waals surface area contributed by atoms with Crippen LogP contribution in [0.1, 0.15) is 25.4 Å². The van der Waals surface area contributed by atoms with Crippen molar-refractivity contribution in [2.24, 2.45) is 0 Å². The first-order chi connectivity index (χ1) is 14.0. The number of hydrogen-bond acceptors (Lipinski definition) is 4. The van der Waals surface area contributed by atoms with Gasteiger partial charge in [-0.15, -0.1) is 0 Å². The molecule has 4 rings (SSSR count). The Balaban J connectivity index is 1.57. The second kappa shape index (κ2) is 7.75. The molecule has 4 aromatic rings. The number of aromatic nitrogens is 2. The molecule has 0 aliphatic rings. The molecule has 2 aromatic heterocycles. The van der Waals surface area contributed by atoms with Crippen LogP contribution in [0.25, 0.3) is 27.9 Å². The van der Waals surface area contributed by atoms with Gasteiger partial charge in [-0.05, 0) is 44.2 Å². The van der Waals surface area contributed by atoms with Crippen molar-refractivity contribution in [2.75, 3.05) is 0 Å². The summed E-state index contributed by atoms with van der Waals surface area (Å²) in [5, 5.41) is 1.52. The van der Waals surface area contributed by atoms with Gasteiger partial charge in [0.15, 0.2) is 0 Å². The van der Waals surface area contributed by atoms with Crippen LogP contribution in [-0.4, -0.2) is 26.8 Å². The third-order valence-corrected chi connectivity index (χ3v) is 4.72. The maximum absolute atomic E-state index is 12.8. The molecular formula is C23H21N3O3. The first-order valence-electron chi connectivity index (χ1n) is 9.46. The predicted octanol–water partition coefficient (Wildman–Crippen LogP) is 4.12. The number of carbonyl (C=O) groups excluding carboxylic acids is 1. The van der Waals surface area contributed by atoms with E-state index in [4.69, 9.17) is 4.42 Å². The molecule has 0 fully saturated rings. The van der Waals surface area contributed by atoms with Crippen LogP contribution in [0.3, 0.4) is 0 Å². The molecule has 29 heavy (non-hydrogen) atoms. The van der Waals surface area contributed by atoms with Gasteiger partial charge in [0.1, 0.15) is 17.2 Å². The zero-order valence-electron chi connectivity index (χ0n) is 16.3. The maximum Gasteiger partial charge on any atom is 0.258 e. The monoisotopic (exact) mass is 387 g/mol. The summed E-state index contributed by atoms with van der Waals surface area (Å²) < 4.78 is 5.72. The summed E-state index contributed by atoms with van der Waals surface area (Å²) in [5.74, 6) is 0.879. The standard InChI is InChI=1S/C23H21N3O3/c1-15(2)26(14-21-24-19-9-5-4-8-18(19)23(28)25-21)22(27)12-11-17-13-16-7-3-6-10-20(16)29-17/h3-13,15H,14H2,1-2H3,(H,24,25,28)/b12-11+. The van der Waals surface area contributed by atoms with Crippen molar-refractivity contribution in [3.63, 3.8) is 0 Å². The fourth-order valence-corrected chi connectivity index (χ4v) is 3.22. The van der Waals surface area contributed by atoms with E-state index in [1.165, 1.54) is 6.08 Å². The highest BCUT2D eigenvalue weighted by molar-refractivity contribution is 5.92. The highest BCUT2D eigenvalue weighted by Crippen LogP contribution is 2.20. The molecule has 6 heteroatoms. The van der Waals surface area contributed by atoms with E-state index >= 15 is 0 Å². The summed E-state index contributed by atoms with van der Waals surface area (Å²) in [5.41, 5.74) is 1.18. The highest BCUT2D eigenvalue weighted by atomic mass is 16.3. The number of rotatable bonds is 5. The summed E-state index contributed by atoms with van der Waals surface area (Å²) >= 11 is 0. The molecule has 0 bridgehead atoms. The van der Waals surface area contributed by atoms with Gasteiger partial charge in [-0.25, -0.2) is 4.98 Å². The van der Waals surface area contributed by atoms with E-state index in [0.717, 1.165) is 11.0 Å². The Hall–Kier alpha value is -3.67. The third kappa shape index (κ3) is 3.96. The Morgan fingerprint density at radius 3 is 2.72 bits per heavy atom. The number of amides is 1. The lowest BCUT2D eigenvalue weighted by Gasteiger charge is -2.25. The number of hydrogen-bond donors (Lipinski definition) is 1. The number of fused-ring (bicyclic) bond motifs is 2. The zero-order chi connectivity index (χ0) is 20.4. The predicted molar refractivity (Wildman–Crippen MR) is 113 cm³/mol. The number of nitrogens with zero attached hydrogens (tertiary/aromatic N) is 2. The highest BCUT2D eigenvalue weighted by Gasteiger charge is 2.17. The van der Waals surface area contributed by atoms with Crippen LogP contribution in [0, 0.1) is 0 Å². The molecule has 0 atom stereocenters. The van der Waals surface area contributed by atoms with Crippen molar-refractivity contribution in [1.82, 2.24) is 14.9 Å². The molecule has 1 N–H and O–H groups in total. The van der Waals surface area contributed by atoms with Crippen LogP contribution in [0.5, 0.6) is 0 Å². The SMILES string of the molecule is CC(C)N(Cc1nc2ccccc2c(=O)[nH]1)C(=O)/C=C/c1cc2ccccc2o1. The minimum atomic E-state index is -0.209. The summed E-state index contributed by atoms with van der Waals surface area (Å²) in [7, 11) is 0. The normalized spacial score (nSPS) is 11.7. The number of para-hydroxylation sites is 2.